The normalized spacial score (nSPS) is 14.6. The van der Waals surface area contributed by atoms with E-state index in [0.29, 0.717) is 18.9 Å². The number of rotatable bonds is 6. The molecule has 2 heterocycles. The van der Waals surface area contributed by atoms with Crippen molar-refractivity contribution in [1.29, 1.82) is 0 Å². The largest absolute Gasteiger partial charge is 0.392 e. The van der Waals surface area contributed by atoms with E-state index in [0.717, 1.165) is 12.1 Å². The van der Waals surface area contributed by atoms with Gasteiger partial charge in [-0.1, -0.05) is 13.0 Å². The molecular weight excluding hydrogens is 244 g/mol. The van der Waals surface area contributed by atoms with E-state index in [4.69, 9.17) is 0 Å². The van der Waals surface area contributed by atoms with Crippen LogP contribution in [0, 0.1) is 0 Å². The zero-order valence-electron chi connectivity index (χ0n) is 10.9. The van der Waals surface area contributed by atoms with E-state index in [-0.39, 0.29) is 6.10 Å². The van der Waals surface area contributed by atoms with Crippen LogP contribution >= 0.6 is 11.3 Å². The van der Waals surface area contributed by atoms with Gasteiger partial charge in [-0.2, -0.15) is 5.10 Å². The second-order valence-corrected chi connectivity index (χ2v) is 5.72. The molecule has 0 fully saturated rings. The zero-order valence-corrected chi connectivity index (χ0v) is 11.7. The highest BCUT2D eigenvalue weighted by Gasteiger charge is 2.11. The quantitative estimate of drug-likeness (QED) is 0.870. The molecule has 0 saturated heterocycles. The maximum atomic E-state index is 10.0. The van der Waals surface area contributed by atoms with Crippen molar-refractivity contribution in [2.24, 2.45) is 0 Å². The van der Waals surface area contributed by atoms with Gasteiger partial charge in [0.25, 0.3) is 0 Å². The average Bonchev–Trinajstić information content (AvgIpc) is 2.99. The number of aliphatic hydroxyl groups excluding tert-OH is 1. The molecule has 2 atom stereocenters. The maximum Gasteiger partial charge on any atom is 0.0650 e. The molecule has 1 N–H and O–H groups in total. The summed E-state index contributed by atoms with van der Waals surface area (Å²) in [5, 5.41) is 16.6. The van der Waals surface area contributed by atoms with E-state index in [1.54, 1.807) is 11.3 Å². The van der Waals surface area contributed by atoms with Crippen molar-refractivity contribution in [2.75, 3.05) is 0 Å². The SMILES string of the molecule is CCC(C)n1ccc(CC(O)Cc2cccs2)n1. The lowest BCUT2D eigenvalue weighted by molar-refractivity contribution is 0.174. The predicted molar refractivity (Wildman–Crippen MR) is 75.0 cm³/mol. The number of nitrogens with zero attached hydrogens (tertiary/aromatic N) is 2. The zero-order chi connectivity index (χ0) is 13.0. The summed E-state index contributed by atoms with van der Waals surface area (Å²) in [6, 6.07) is 6.51. The molecule has 0 aliphatic carbocycles. The molecule has 98 valence electrons. The Morgan fingerprint density at radius 2 is 2.22 bits per heavy atom. The minimum absolute atomic E-state index is 0.344. The molecule has 2 aromatic rings. The van der Waals surface area contributed by atoms with Gasteiger partial charge in [-0.25, -0.2) is 0 Å². The molecule has 2 unspecified atom stereocenters. The summed E-state index contributed by atoms with van der Waals surface area (Å²) in [5.41, 5.74) is 0.972. The molecule has 2 rings (SSSR count). The molecule has 2 aromatic heterocycles. The Bertz CT molecular complexity index is 464. The highest BCUT2D eigenvalue weighted by atomic mass is 32.1. The monoisotopic (exact) mass is 264 g/mol. The van der Waals surface area contributed by atoms with Crippen molar-refractivity contribution in [1.82, 2.24) is 9.78 Å². The number of thiophene rings is 1. The van der Waals surface area contributed by atoms with E-state index < -0.39 is 0 Å². The van der Waals surface area contributed by atoms with Gasteiger partial charge in [0.2, 0.25) is 0 Å². The van der Waals surface area contributed by atoms with Crippen LogP contribution in [0.4, 0.5) is 0 Å². The Balaban J connectivity index is 1.90. The van der Waals surface area contributed by atoms with E-state index in [2.05, 4.69) is 25.0 Å². The van der Waals surface area contributed by atoms with Gasteiger partial charge in [0.05, 0.1) is 11.8 Å². The molecule has 0 aliphatic heterocycles. The van der Waals surface area contributed by atoms with Gasteiger partial charge >= 0.3 is 0 Å². The molecule has 0 spiro atoms. The third-order valence-electron chi connectivity index (χ3n) is 3.17. The summed E-state index contributed by atoms with van der Waals surface area (Å²) in [6.07, 6.45) is 4.07. The first-order valence-electron chi connectivity index (χ1n) is 6.43. The molecule has 0 amide bonds. The van der Waals surface area contributed by atoms with Gasteiger partial charge in [-0.15, -0.1) is 11.3 Å². The maximum absolute atomic E-state index is 10.0. The summed E-state index contributed by atoms with van der Waals surface area (Å²) in [6.45, 7) is 4.30. The Kier molecular flexibility index (Phi) is 4.55. The van der Waals surface area contributed by atoms with Gasteiger partial charge < -0.3 is 5.11 Å². The summed E-state index contributed by atoms with van der Waals surface area (Å²) in [4.78, 5) is 1.23. The first kappa shape index (κ1) is 13.3. The second kappa shape index (κ2) is 6.16. The summed E-state index contributed by atoms with van der Waals surface area (Å²) in [5.74, 6) is 0. The molecule has 0 bridgehead atoms. The molecule has 0 aliphatic rings. The number of hydrogen-bond donors (Lipinski definition) is 1. The van der Waals surface area contributed by atoms with Crippen LogP contribution in [-0.4, -0.2) is 21.0 Å². The van der Waals surface area contributed by atoms with Crippen molar-refractivity contribution >= 4 is 11.3 Å². The van der Waals surface area contributed by atoms with Crippen LogP contribution in [0.2, 0.25) is 0 Å². The van der Waals surface area contributed by atoms with Crippen LogP contribution in [0.25, 0.3) is 0 Å². The Labute approximate surface area is 112 Å². The molecular formula is C14H20N2OS. The smallest absolute Gasteiger partial charge is 0.0650 e. The fourth-order valence-corrected chi connectivity index (χ4v) is 2.67. The van der Waals surface area contributed by atoms with E-state index in [1.165, 1.54) is 4.88 Å². The topological polar surface area (TPSA) is 38.0 Å². The summed E-state index contributed by atoms with van der Waals surface area (Å²) < 4.78 is 1.98. The van der Waals surface area contributed by atoms with Crippen LogP contribution in [0.5, 0.6) is 0 Å². The first-order valence-corrected chi connectivity index (χ1v) is 7.31. The number of aliphatic hydroxyl groups is 1. The van der Waals surface area contributed by atoms with Crippen molar-refractivity contribution in [2.45, 2.75) is 45.3 Å². The highest BCUT2D eigenvalue weighted by Crippen LogP contribution is 2.14. The predicted octanol–water partition coefficient (Wildman–Crippen LogP) is 3.06. The van der Waals surface area contributed by atoms with Crippen LogP contribution in [0.15, 0.2) is 29.8 Å². The summed E-state index contributed by atoms with van der Waals surface area (Å²) >= 11 is 1.69. The lowest BCUT2D eigenvalue weighted by Gasteiger charge is -2.09. The molecule has 3 nitrogen and oxygen atoms in total. The van der Waals surface area contributed by atoms with E-state index in [9.17, 15) is 5.11 Å². The third-order valence-corrected chi connectivity index (χ3v) is 4.07. The van der Waals surface area contributed by atoms with Gasteiger partial charge in [0, 0.05) is 30.0 Å². The van der Waals surface area contributed by atoms with Gasteiger partial charge in [-0.05, 0) is 30.9 Å². The standard InChI is InChI=1S/C14H20N2OS/c1-3-11(2)16-7-6-12(15-16)9-13(17)10-14-5-4-8-18-14/h4-8,11,13,17H,3,9-10H2,1-2H3. The number of aromatic nitrogens is 2. The van der Waals surface area contributed by atoms with E-state index in [1.807, 2.05) is 28.4 Å². The third kappa shape index (κ3) is 3.43. The molecule has 0 saturated carbocycles. The molecule has 0 radical (unpaired) electrons. The minimum Gasteiger partial charge on any atom is -0.392 e. The fourth-order valence-electron chi connectivity index (χ4n) is 1.89. The van der Waals surface area contributed by atoms with E-state index >= 15 is 0 Å². The summed E-state index contributed by atoms with van der Waals surface area (Å²) in [7, 11) is 0. The Hall–Kier alpha value is -1.13. The number of hydrogen-bond acceptors (Lipinski definition) is 3. The highest BCUT2D eigenvalue weighted by molar-refractivity contribution is 7.09. The van der Waals surface area contributed by atoms with Crippen molar-refractivity contribution in [3.05, 3.63) is 40.3 Å². The Morgan fingerprint density at radius 3 is 2.89 bits per heavy atom. The van der Waals surface area contributed by atoms with Gasteiger partial charge in [0.1, 0.15) is 0 Å². The van der Waals surface area contributed by atoms with Crippen LogP contribution < -0.4 is 0 Å². The van der Waals surface area contributed by atoms with Crippen molar-refractivity contribution in [3.63, 3.8) is 0 Å². The average molecular weight is 264 g/mol. The lowest BCUT2D eigenvalue weighted by Crippen LogP contribution is -2.14. The molecule has 18 heavy (non-hydrogen) atoms. The van der Waals surface area contributed by atoms with Crippen LogP contribution in [-0.2, 0) is 12.8 Å². The van der Waals surface area contributed by atoms with Crippen LogP contribution in [0.3, 0.4) is 0 Å². The fraction of sp³-hybridized carbons (Fsp3) is 0.500. The van der Waals surface area contributed by atoms with Gasteiger partial charge in [0.15, 0.2) is 0 Å². The molecule has 4 heteroatoms. The Morgan fingerprint density at radius 1 is 1.39 bits per heavy atom. The lowest BCUT2D eigenvalue weighted by atomic mass is 10.1. The second-order valence-electron chi connectivity index (χ2n) is 4.69. The molecule has 0 aromatic carbocycles. The van der Waals surface area contributed by atoms with Crippen LogP contribution in [0.1, 0.15) is 36.9 Å². The minimum atomic E-state index is -0.344. The first-order chi connectivity index (χ1) is 8.69. The van der Waals surface area contributed by atoms with Crippen molar-refractivity contribution < 1.29 is 5.11 Å². The van der Waals surface area contributed by atoms with Crippen molar-refractivity contribution in [3.8, 4) is 0 Å². The van der Waals surface area contributed by atoms with Gasteiger partial charge in [-0.3, -0.25) is 4.68 Å².